The van der Waals surface area contributed by atoms with Gasteiger partial charge in [0, 0.05) is 17.0 Å². The molecule has 2 aromatic heterocycles. The average Bonchev–Trinajstić information content (AvgIpc) is 3.21. The van der Waals surface area contributed by atoms with E-state index in [1.54, 1.807) is 6.92 Å². The second kappa shape index (κ2) is 6.33. The van der Waals surface area contributed by atoms with E-state index in [0.29, 0.717) is 23.3 Å². The molecule has 4 rings (SSSR count). The normalized spacial score (nSPS) is 20.6. The fourth-order valence-electron chi connectivity index (χ4n) is 2.86. The van der Waals surface area contributed by atoms with Crippen LogP contribution < -0.4 is 5.32 Å². The van der Waals surface area contributed by atoms with Crippen LogP contribution in [0.5, 0.6) is 0 Å². The Hall–Kier alpha value is -2.25. The van der Waals surface area contributed by atoms with Crippen LogP contribution in [0.1, 0.15) is 30.7 Å². The van der Waals surface area contributed by atoms with Crippen LogP contribution in [0.25, 0.3) is 10.9 Å². The molecule has 3 aromatic rings. The Balaban J connectivity index is 1.43. The van der Waals surface area contributed by atoms with Gasteiger partial charge in [-0.3, -0.25) is 0 Å². The van der Waals surface area contributed by atoms with E-state index in [2.05, 4.69) is 25.4 Å². The molecule has 2 atom stereocenters. The molecule has 0 spiro atoms. The third-order valence-electron chi connectivity index (χ3n) is 4.02. The lowest BCUT2D eigenvalue weighted by Gasteiger charge is -2.14. The Kier molecular flexibility index (Phi) is 4.03. The Morgan fingerprint density at radius 3 is 3.04 bits per heavy atom. The molecule has 8 heteroatoms. The van der Waals surface area contributed by atoms with Crippen LogP contribution >= 0.6 is 11.6 Å². The predicted octanol–water partition coefficient (Wildman–Crippen LogP) is 3.31. The van der Waals surface area contributed by atoms with Crippen LogP contribution in [0, 0.1) is 6.92 Å². The Bertz CT molecular complexity index is 869. The molecule has 24 heavy (non-hydrogen) atoms. The van der Waals surface area contributed by atoms with E-state index in [-0.39, 0.29) is 12.2 Å². The monoisotopic (exact) mass is 345 g/mol. The molecule has 3 heterocycles. The Morgan fingerprint density at radius 2 is 2.21 bits per heavy atom. The van der Waals surface area contributed by atoms with Crippen molar-refractivity contribution in [3.63, 3.8) is 0 Å². The van der Waals surface area contributed by atoms with Crippen molar-refractivity contribution in [3.8, 4) is 0 Å². The number of anilines is 1. The summed E-state index contributed by atoms with van der Waals surface area (Å²) in [6.45, 7) is 2.45. The number of hydrogen-bond acceptors (Lipinski definition) is 7. The fraction of sp³-hybridized carbons (Fsp3) is 0.375. The molecule has 0 saturated carbocycles. The van der Waals surface area contributed by atoms with Gasteiger partial charge in [0.1, 0.15) is 18.2 Å². The summed E-state index contributed by atoms with van der Waals surface area (Å²) in [4.78, 5) is 12.8. The van der Waals surface area contributed by atoms with Crippen molar-refractivity contribution in [2.45, 2.75) is 32.0 Å². The summed E-state index contributed by atoms with van der Waals surface area (Å²) in [6, 6.07) is 5.57. The third-order valence-corrected chi connectivity index (χ3v) is 4.26. The molecule has 1 aromatic carbocycles. The summed E-state index contributed by atoms with van der Waals surface area (Å²) in [5, 5.41) is 8.74. The van der Waals surface area contributed by atoms with E-state index in [1.807, 2.05) is 18.2 Å². The highest BCUT2D eigenvalue weighted by atomic mass is 35.5. The molecule has 1 fully saturated rings. The smallest absolute Gasteiger partial charge is 0.255 e. The zero-order valence-electron chi connectivity index (χ0n) is 13.1. The van der Waals surface area contributed by atoms with Crippen molar-refractivity contribution in [1.82, 2.24) is 20.1 Å². The maximum absolute atomic E-state index is 6.01. The van der Waals surface area contributed by atoms with Crippen molar-refractivity contribution in [2.75, 3.05) is 11.9 Å². The van der Waals surface area contributed by atoms with E-state index < -0.39 is 0 Å². The van der Waals surface area contributed by atoms with E-state index in [4.69, 9.17) is 20.9 Å². The first kappa shape index (κ1) is 15.3. The number of aryl methyl sites for hydroxylation is 1. The number of fused-ring (bicyclic) bond motifs is 1. The van der Waals surface area contributed by atoms with E-state index in [9.17, 15) is 0 Å². The molecule has 0 unspecified atom stereocenters. The highest BCUT2D eigenvalue weighted by Crippen LogP contribution is 2.32. The van der Waals surface area contributed by atoms with Gasteiger partial charge in [0.25, 0.3) is 5.89 Å². The molecule has 1 aliphatic heterocycles. The average molecular weight is 346 g/mol. The zero-order valence-corrected chi connectivity index (χ0v) is 13.8. The number of nitrogens with one attached hydrogen (secondary N) is 1. The van der Waals surface area contributed by atoms with Gasteiger partial charge >= 0.3 is 0 Å². The number of benzene rings is 1. The third kappa shape index (κ3) is 3.05. The Morgan fingerprint density at radius 1 is 1.29 bits per heavy atom. The summed E-state index contributed by atoms with van der Waals surface area (Å²) in [6.07, 6.45) is 3.27. The molecule has 0 aliphatic carbocycles. The zero-order chi connectivity index (χ0) is 16.5. The minimum atomic E-state index is -0.126. The van der Waals surface area contributed by atoms with Gasteiger partial charge in [0.05, 0.1) is 11.6 Å². The first-order chi connectivity index (χ1) is 11.7. The molecular weight excluding hydrogens is 330 g/mol. The molecule has 124 valence electrons. The lowest BCUT2D eigenvalue weighted by Crippen LogP contribution is -2.19. The molecule has 1 N–H and O–H groups in total. The number of hydrogen-bond donors (Lipinski definition) is 1. The highest BCUT2D eigenvalue weighted by molar-refractivity contribution is 6.31. The molecule has 0 amide bonds. The number of nitrogens with zero attached hydrogens (tertiary/aromatic N) is 4. The summed E-state index contributed by atoms with van der Waals surface area (Å²) >= 11 is 6.01. The summed E-state index contributed by atoms with van der Waals surface area (Å²) in [5.41, 5.74) is 0.812. The second-order valence-electron chi connectivity index (χ2n) is 5.77. The second-order valence-corrected chi connectivity index (χ2v) is 6.20. The number of halogens is 1. The molecule has 1 aliphatic rings. The summed E-state index contributed by atoms with van der Waals surface area (Å²) in [7, 11) is 0. The largest absolute Gasteiger partial charge is 0.367 e. The molecule has 1 saturated heterocycles. The van der Waals surface area contributed by atoms with Gasteiger partial charge in [-0.2, -0.15) is 4.98 Å². The van der Waals surface area contributed by atoms with Crippen LogP contribution in [0.15, 0.2) is 29.0 Å². The van der Waals surface area contributed by atoms with Crippen LogP contribution in [-0.4, -0.2) is 32.8 Å². The maximum atomic E-state index is 6.01. The molecule has 0 bridgehead atoms. The summed E-state index contributed by atoms with van der Waals surface area (Å²) in [5.74, 6) is 1.95. The van der Waals surface area contributed by atoms with Gasteiger partial charge in [-0.1, -0.05) is 16.8 Å². The van der Waals surface area contributed by atoms with Gasteiger partial charge in [-0.15, -0.1) is 0 Å². The van der Waals surface area contributed by atoms with Crippen LogP contribution in [-0.2, 0) is 4.74 Å². The number of ether oxygens (including phenoxy) is 1. The van der Waals surface area contributed by atoms with Crippen molar-refractivity contribution in [1.29, 1.82) is 0 Å². The fourth-order valence-corrected chi connectivity index (χ4v) is 3.03. The Labute approximate surface area is 143 Å². The molecular formula is C16H16ClN5O2. The van der Waals surface area contributed by atoms with E-state index in [1.165, 1.54) is 6.33 Å². The first-order valence-electron chi connectivity index (χ1n) is 7.79. The lowest BCUT2D eigenvalue weighted by molar-refractivity contribution is 0.0326. The molecule has 0 radical (unpaired) electrons. The van der Waals surface area contributed by atoms with E-state index >= 15 is 0 Å². The predicted molar refractivity (Wildman–Crippen MR) is 88.9 cm³/mol. The van der Waals surface area contributed by atoms with Crippen molar-refractivity contribution >= 4 is 28.3 Å². The van der Waals surface area contributed by atoms with Crippen LogP contribution in [0.3, 0.4) is 0 Å². The topological polar surface area (TPSA) is 86.0 Å². The maximum Gasteiger partial charge on any atom is 0.255 e. The van der Waals surface area contributed by atoms with Crippen molar-refractivity contribution < 1.29 is 9.26 Å². The van der Waals surface area contributed by atoms with Gasteiger partial charge in [-0.05, 0) is 38.0 Å². The first-order valence-corrected chi connectivity index (χ1v) is 8.16. The van der Waals surface area contributed by atoms with E-state index in [0.717, 1.165) is 29.6 Å². The number of aromatic nitrogens is 4. The van der Waals surface area contributed by atoms with Crippen LogP contribution in [0.2, 0.25) is 5.02 Å². The van der Waals surface area contributed by atoms with Crippen molar-refractivity contribution in [2.24, 2.45) is 0 Å². The van der Waals surface area contributed by atoms with Gasteiger partial charge < -0.3 is 14.6 Å². The minimum absolute atomic E-state index is 0.0690. The lowest BCUT2D eigenvalue weighted by atomic mass is 10.2. The minimum Gasteiger partial charge on any atom is -0.367 e. The quantitative estimate of drug-likeness (QED) is 0.776. The summed E-state index contributed by atoms with van der Waals surface area (Å²) < 4.78 is 11.2. The van der Waals surface area contributed by atoms with Gasteiger partial charge in [0.2, 0.25) is 0 Å². The number of rotatable bonds is 4. The van der Waals surface area contributed by atoms with Gasteiger partial charge in [-0.25, -0.2) is 9.97 Å². The van der Waals surface area contributed by atoms with Crippen LogP contribution in [0.4, 0.5) is 5.82 Å². The standard InChI is InChI=1S/C16H16ClN5O2/c1-9-21-16(24-22-9)14-5-3-11(23-14)7-18-15-12-4-2-10(17)6-13(12)19-8-20-15/h2,4,6,8,11,14H,3,5,7H2,1H3,(H,18,19,20)/t11-,14+/m1/s1. The molecule has 7 nitrogen and oxygen atoms in total. The highest BCUT2D eigenvalue weighted by Gasteiger charge is 2.30. The van der Waals surface area contributed by atoms with Crippen molar-refractivity contribution in [3.05, 3.63) is 41.3 Å². The van der Waals surface area contributed by atoms with Gasteiger partial charge in [0.15, 0.2) is 5.82 Å². The SMILES string of the molecule is Cc1noc([C@@H]2CC[C@H](CNc3ncnc4cc(Cl)ccc34)O2)n1.